The number of halogens is 1. The fourth-order valence-corrected chi connectivity index (χ4v) is 4.39. The third-order valence-electron chi connectivity index (χ3n) is 6.12. The first-order chi connectivity index (χ1) is 13.7. The number of fused-ring (bicyclic) bond motifs is 1. The average Bonchev–Trinajstić information content (AvgIpc) is 3.39. The summed E-state index contributed by atoms with van der Waals surface area (Å²) < 4.78 is 5.40. The fourth-order valence-electron chi connectivity index (χ4n) is 4.39. The van der Waals surface area contributed by atoms with Crippen molar-refractivity contribution in [3.8, 4) is 0 Å². The smallest absolute Gasteiger partial charge is 0.259 e. The number of amides is 1. The van der Waals surface area contributed by atoms with Crippen molar-refractivity contribution in [1.82, 2.24) is 15.0 Å². The monoisotopic (exact) mass is 412 g/mol. The van der Waals surface area contributed by atoms with Gasteiger partial charge in [-0.05, 0) is 43.9 Å². The van der Waals surface area contributed by atoms with E-state index in [1.54, 1.807) is 0 Å². The van der Waals surface area contributed by atoms with Crippen molar-refractivity contribution in [2.75, 3.05) is 19.6 Å². The summed E-state index contributed by atoms with van der Waals surface area (Å²) in [7, 11) is 0. The molecule has 7 heteroatoms. The molecular weight excluding hydrogens is 388 g/mol. The lowest BCUT2D eigenvalue weighted by molar-refractivity contribution is 0.0788. The highest BCUT2D eigenvalue weighted by atomic mass is 35.5. The van der Waals surface area contributed by atoms with Gasteiger partial charge in [0, 0.05) is 30.6 Å². The normalized spacial score (nSPS) is 21.4. The molecule has 2 atom stereocenters. The van der Waals surface area contributed by atoms with Gasteiger partial charge in [-0.25, -0.2) is 4.98 Å². The summed E-state index contributed by atoms with van der Waals surface area (Å²) in [5.74, 6) is 0.986. The second-order valence-corrected chi connectivity index (χ2v) is 8.04. The maximum atomic E-state index is 13.5. The third kappa shape index (κ3) is 3.51. The molecular formula is C22H25ClN4O2. The van der Waals surface area contributed by atoms with Gasteiger partial charge in [-0.15, -0.1) is 12.4 Å². The van der Waals surface area contributed by atoms with Gasteiger partial charge in [-0.3, -0.25) is 4.79 Å². The Labute approximate surface area is 175 Å². The van der Waals surface area contributed by atoms with Crippen LogP contribution in [0.1, 0.15) is 52.0 Å². The Bertz CT molecular complexity index is 1030. The van der Waals surface area contributed by atoms with Crippen molar-refractivity contribution >= 4 is 29.4 Å². The van der Waals surface area contributed by atoms with Gasteiger partial charge >= 0.3 is 0 Å². The van der Waals surface area contributed by atoms with E-state index >= 15 is 0 Å². The number of hydrogen-bond acceptors (Lipinski definition) is 5. The van der Waals surface area contributed by atoms with Gasteiger partial charge < -0.3 is 15.2 Å². The van der Waals surface area contributed by atoms with Crippen LogP contribution in [-0.2, 0) is 0 Å². The standard InChI is InChI=1S/C22H24N4O2.ClH/c1-13-20-17(9-19(15-7-8-15)24-21(20)28-25-13)22(27)26-11-16(10-23)18(12-26)14-5-3-2-4-6-14;/h2-6,9,15-16,18H,7-8,10-12,23H2,1H3;1H/t16-,18+;/m1./s1. The van der Waals surface area contributed by atoms with E-state index in [2.05, 4.69) is 22.3 Å². The van der Waals surface area contributed by atoms with Gasteiger partial charge in [-0.2, -0.15) is 0 Å². The molecule has 1 saturated carbocycles. The van der Waals surface area contributed by atoms with Crippen molar-refractivity contribution in [2.24, 2.45) is 11.7 Å². The maximum absolute atomic E-state index is 13.5. The minimum absolute atomic E-state index is 0. The van der Waals surface area contributed by atoms with E-state index in [0.29, 0.717) is 42.5 Å². The predicted octanol–water partition coefficient (Wildman–Crippen LogP) is 3.64. The van der Waals surface area contributed by atoms with Crippen LogP contribution in [0.15, 0.2) is 40.9 Å². The zero-order valence-electron chi connectivity index (χ0n) is 16.4. The van der Waals surface area contributed by atoms with Crippen LogP contribution < -0.4 is 5.73 Å². The Kier molecular flexibility index (Phi) is 5.32. The number of nitrogens with two attached hydrogens (primary N) is 1. The zero-order chi connectivity index (χ0) is 19.3. The summed E-state index contributed by atoms with van der Waals surface area (Å²) in [6.45, 7) is 3.77. The van der Waals surface area contributed by atoms with Crippen LogP contribution in [0.2, 0.25) is 0 Å². The van der Waals surface area contributed by atoms with Crippen molar-refractivity contribution in [1.29, 1.82) is 0 Å². The number of benzene rings is 1. The molecule has 0 radical (unpaired) electrons. The van der Waals surface area contributed by atoms with Crippen LogP contribution in [0.3, 0.4) is 0 Å². The number of carbonyl (C=O) groups is 1. The predicted molar refractivity (Wildman–Crippen MR) is 113 cm³/mol. The highest BCUT2D eigenvalue weighted by molar-refractivity contribution is 6.06. The first kappa shape index (κ1) is 19.9. The first-order valence-electron chi connectivity index (χ1n) is 9.97. The summed E-state index contributed by atoms with van der Waals surface area (Å²) in [5, 5.41) is 4.79. The Morgan fingerprint density at radius 3 is 2.69 bits per heavy atom. The average molecular weight is 413 g/mol. The Morgan fingerprint density at radius 1 is 1.24 bits per heavy atom. The number of rotatable bonds is 4. The van der Waals surface area contributed by atoms with Crippen molar-refractivity contribution in [3.63, 3.8) is 0 Å². The van der Waals surface area contributed by atoms with Crippen molar-refractivity contribution < 1.29 is 9.32 Å². The van der Waals surface area contributed by atoms with Crippen molar-refractivity contribution in [2.45, 2.75) is 31.6 Å². The summed E-state index contributed by atoms with van der Waals surface area (Å²) in [6, 6.07) is 12.3. The molecule has 2 N–H and O–H groups in total. The summed E-state index contributed by atoms with van der Waals surface area (Å²) in [4.78, 5) is 20.1. The molecule has 5 rings (SSSR count). The number of aryl methyl sites for hydroxylation is 1. The summed E-state index contributed by atoms with van der Waals surface area (Å²) in [6.07, 6.45) is 2.24. The Balaban J connectivity index is 0.00000205. The van der Waals surface area contributed by atoms with E-state index in [1.165, 1.54) is 5.56 Å². The Morgan fingerprint density at radius 2 is 2.00 bits per heavy atom. The van der Waals surface area contributed by atoms with Gasteiger partial charge in [0.05, 0.1) is 16.6 Å². The number of likely N-dealkylation sites (tertiary alicyclic amines) is 1. The first-order valence-corrected chi connectivity index (χ1v) is 9.97. The maximum Gasteiger partial charge on any atom is 0.259 e. The Hall–Kier alpha value is -2.44. The van der Waals surface area contributed by atoms with Crippen LogP contribution >= 0.6 is 12.4 Å². The van der Waals surface area contributed by atoms with Gasteiger partial charge in [0.15, 0.2) is 0 Å². The molecule has 1 saturated heterocycles. The number of hydrogen-bond donors (Lipinski definition) is 1. The van der Waals surface area contributed by atoms with E-state index in [0.717, 1.165) is 23.9 Å². The highest BCUT2D eigenvalue weighted by Crippen LogP contribution is 2.41. The molecule has 3 aromatic rings. The number of pyridine rings is 1. The topological polar surface area (TPSA) is 85.2 Å². The quantitative estimate of drug-likeness (QED) is 0.707. The SMILES string of the molecule is Cc1noc2nc(C3CC3)cc(C(=O)N3C[C@@H](CN)[C@H](c4ccccc4)C3)c12.Cl. The second kappa shape index (κ2) is 7.76. The second-order valence-electron chi connectivity index (χ2n) is 8.04. The van der Waals surface area contributed by atoms with E-state index < -0.39 is 0 Å². The molecule has 152 valence electrons. The number of nitrogens with zero attached hydrogens (tertiary/aromatic N) is 3. The largest absolute Gasteiger partial charge is 0.338 e. The molecule has 29 heavy (non-hydrogen) atoms. The van der Waals surface area contributed by atoms with Gasteiger partial charge in [-0.1, -0.05) is 35.5 Å². The molecule has 0 spiro atoms. The van der Waals surface area contributed by atoms with Crippen LogP contribution in [-0.4, -0.2) is 40.6 Å². The number of carbonyl (C=O) groups excluding carboxylic acids is 1. The highest BCUT2D eigenvalue weighted by Gasteiger charge is 2.37. The molecule has 2 aliphatic rings. The zero-order valence-corrected chi connectivity index (χ0v) is 17.2. The molecule has 2 fully saturated rings. The van der Waals surface area contributed by atoms with E-state index in [-0.39, 0.29) is 30.2 Å². The lowest BCUT2D eigenvalue weighted by atomic mass is 9.89. The lowest BCUT2D eigenvalue weighted by Crippen LogP contribution is -2.30. The molecule has 3 heterocycles. The van der Waals surface area contributed by atoms with E-state index in [4.69, 9.17) is 10.3 Å². The molecule has 1 aromatic carbocycles. The summed E-state index contributed by atoms with van der Waals surface area (Å²) in [5.41, 5.74) is 10.1. The lowest BCUT2D eigenvalue weighted by Gasteiger charge is -2.17. The van der Waals surface area contributed by atoms with Gasteiger partial charge in [0.2, 0.25) is 0 Å². The molecule has 1 aliphatic carbocycles. The van der Waals surface area contributed by atoms with Gasteiger partial charge in [0.25, 0.3) is 11.6 Å². The van der Waals surface area contributed by atoms with Crippen LogP contribution in [0.25, 0.3) is 11.1 Å². The molecule has 0 bridgehead atoms. The summed E-state index contributed by atoms with van der Waals surface area (Å²) >= 11 is 0. The van der Waals surface area contributed by atoms with Crippen molar-refractivity contribution in [3.05, 3.63) is 58.9 Å². The van der Waals surface area contributed by atoms with Crippen LogP contribution in [0.5, 0.6) is 0 Å². The minimum atomic E-state index is 0. The van der Waals surface area contributed by atoms with Gasteiger partial charge in [0.1, 0.15) is 0 Å². The molecule has 1 aliphatic heterocycles. The molecule has 6 nitrogen and oxygen atoms in total. The molecule has 1 amide bonds. The fraction of sp³-hybridized carbons (Fsp3) is 0.409. The number of aromatic nitrogens is 2. The van der Waals surface area contributed by atoms with Crippen LogP contribution in [0.4, 0.5) is 0 Å². The molecule has 2 aromatic heterocycles. The molecule has 0 unspecified atom stereocenters. The van der Waals surface area contributed by atoms with Crippen LogP contribution in [0, 0.1) is 12.8 Å². The van der Waals surface area contributed by atoms with E-state index in [9.17, 15) is 4.79 Å². The minimum Gasteiger partial charge on any atom is -0.338 e. The third-order valence-corrected chi connectivity index (χ3v) is 6.12. The van der Waals surface area contributed by atoms with E-state index in [1.807, 2.05) is 36.1 Å².